The van der Waals surface area contributed by atoms with E-state index in [1.165, 1.54) is 0 Å². The highest BCUT2D eigenvalue weighted by atomic mass is 28.4. The molecule has 0 radical (unpaired) electrons. The average Bonchev–Trinajstić information content (AvgIpc) is 2.42. The van der Waals surface area contributed by atoms with Crippen molar-refractivity contribution in [2.45, 2.75) is 19.4 Å². The van der Waals surface area contributed by atoms with E-state index in [0.717, 1.165) is 23.8 Å². The Morgan fingerprint density at radius 3 is 2.17 bits per heavy atom. The molecule has 0 aliphatic carbocycles. The molecular formula is C13H22O4Si. The maximum atomic E-state index is 5.72. The zero-order valence-electron chi connectivity index (χ0n) is 11.6. The molecule has 0 atom stereocenters. The molecule has 0 amide bonds. The summed E-state index contributed by atoms with van der Waals surface area (Å²) in [6.45, 7) is 2.67. The second-order valence-electron chi connectivity index (χ2n) is 4.01. The third kappa shape index (κ3) is 4.10. The molecule has 5 heteroatoms. The van der Waals surface area contributed by atoms with Crippen molar-refractivity contribution in [3.05, 3.63) is 29.8 Å². The highest BCUT2D eigenvalue weighted by Crippen LogP contribution is 2.18. The molecule has 0 bridgehead atoms. The molecule has 0 aliphatic rings. The van der Waals surface area contributed by atoms with Crippen LogP contribution in [0.4, 0.5) is 0 Å². The first-order chi connectivity index (χ1) is 8.67. The highest BCUT2D eigenvalue weighted by Gasteiger charge is 2.36. The fourth-order valence-corrected chi connectivity index (χ4v) is 3.44. The third-order valence-electron chi connectivity index (χ3n) is 2.91. The van der Waals surface area contributed by atoms with Gasteiger partial charge in [0.15, 0.2) is 0 Å². The normalized spacial score (nSPS) is 11.6. The molecule has 0 aromatic heterocycles. The van der Waals surface area contributed by atoms with Gasteiger partial charge in [-0.15, -0.1) is 0 Å². The molecule has 1 aromatic carbocycles. The first kappa shape index (κ1) is 15.2. The van der Waals surface area contributed by atoms with Crippen molar-refractivity contribution >= 4 is 8.80 Å². The van der Waals surface area contributed by atoms with Crippen LogP contribution in [0.15, 0.2) is 24.3 Å². The molecule has 0 aliphatic heterocycles. The molecule has 0 N–H and O–H groups in total. The van der Waals surface area contributed by atoms with Crippen molar-refractivity contribution in [2.75, 3.05) is 27.9 Å². The van der Waals surface area contributed by atoms with E-state index in [9.17, 15) is 0 Å². The van der Waals surface area contributed by atoms with Gasteiger partial charge in [0.05, 0.1) is 6.61 Å². The zero-order valence-corrected chi connectivity index (χ0v) is 12.6. The average molecular weight is 270 g/mol. The minimum Gasteiger partial charge on any atom is -0.493 e. The summed E-state index contributed by atoms with van der Waals surface area (Å²) in [6, 6.07) is 8.74. The number of rotatable bonds is 8. The van der Waals surface area contributed by atoms with Crippen LogP contribution >= 0.6 is 0 Å². The number of para-hydroxylation sites is 1. The third-order valence-corrected chi connectivity index (χ3v) is 5.74. The standard InChI is InChI=1S/C13H22O4Si/c1-12-8-5-6-9-13(12)17-10-7-11-18(14-2,15-3)16-4/h5-6,8-9H,7,10-11H2,1-4H3. The minimum atomic E-state index is -2.45. The van der Waals surface area contributed by atoms with Gasteiger partial charge < -0.3 is 18.0 Å². The Morgan fingerprint density at radius 1 is 1.00 bits per heavy atom. The summed E-state index contributed by atoms with van der Waals surface area (Å²) in [4.78, 5) is 0. The second kappa shape index (κ2) is 7.53. The van der Waals surface area contributed by atoms with Crippen LogP contribution in [0.3, 0.4) is 0 Å². The van der Waals surface area contributed by atoms with Gasteiger partial charge in [0.1, 0.15) is 5.75 Å². The summed E-state index contributed by atoms with van der Waals surface area (Å²) in [7, 11) is 2.43. The Labute approximate surface area is 110 Å². The van der Waals surface area contributed by atoms with Gasteiger partial charge in [-0.2, -0.15) is 0 Å². The maximum absolute atomic E-state index is 5.72. The molecule has 102 valence electrons. The van der Waals surface area contributed by atoms with E-state index < -0.39 is 8.80 Å². The van der Waals surface area contributed by atoms with Crippen LogP contribution in [0.2, 0.25) is 6.04 Å². The molecule has 0 saturated carbocycles. The minimum absolute atomic E-state index is 0.635. The Kier molecular flexibility index (Phi) is 6.35. The van der Waals surface area contributed by atoms with Crippen LogP contribution in [-0.4, -0.2) is 36.7 Å². The molecule has 0 heterocycles. The molecule has 4 nitrogen and oxygen atoms in total. The van der Waals surface area contributed by atoms with Gasteiger partial charge in [0.2, 0.25) is 0 Å². The van der Waals surface area contributed by atoms with E-state index >= 15 is 0 Å². The fraction of sp³-hybridized carbons (Fsp3) is 0.538. The number of hydrogen-bond donors (Lipinski definition) is 0. The van der Waals surface area contributed by atoms with Crippen LogP contribution in [0.25, 0.3) is 0 Å². The monoisotopic (exact) mass is 270 g/mol. The molecule has 18 heavy (non-hydrogen) atoms. The molecule has 1 aromatic rings. The number of hydrogen-bond acceptors (Lipinski definition) is 4. The lowest BCUT2D eigenvalue weighted by molar-refractivity contribution is 0.121. The van der Waals surface area contributed by atoms with Crippen LogP contribution in [0.5, 0.6) is 5.75 Å². The second-order valence-corrected chi connectivity index (χ2v) is 7.10. The van der Waals surface area contributed by atoms with Crippen molar-refractivity contribution in [1.29, 1.82) is 0 Å². The van der Waals surface area contributed by atoms with Crippen LogP contribution < -0.4 is 4.74 Å². The molecular weight excluding hydrogens is 248 g/mol. The Bertz CT molecular complexity index is 344. The van der Waals surface area contributed by atoms with Gasteiger partial charge in [-0.25, -0.2) is 0 Å². The van der Waals surface area contributed by atoms with Gasteiger partial charge in [-0.1, -0.05) is 18.2 Å². The Morgan fingerprint density at radius 2 is 1.61 bits per heavy atom. The van der Waals surface area contributed by atoms with E-state index in [1.807, 2.05) is 31.2 Å². The maximum Gasteiger partial charge on any atom is 0.500 e. The van der Waals surface area contributed by atoms with Gasteiger partial charge in [0.25, 0.3) is 0 Å². The number of ether oxygens (including phenoxy) is 1. The van der Waals surface area contributed by atoms with Gasteiger partial charge in [-0.3, -0.25) is 0 Å². The van der Waals surface area contributed by atoms with Gasteiger partial charge >= 0.3 is 8.80 Å². The summed E-state index contributed by atoms with van der Waals surface area (Å²) in [6.07, 6.45) is 0.843. The SMILES string of the molecule is CO[Si](CCCOc1ccccc1C)(OC)OC. The summed E-state index contributed by atoms with van der Waals surface area (Å²) >= 11 is 0. The quantitative estimate of drug-likeness (QED) is 0.537. The van der Waals surface area contributed by atoms with E-state index in [-0.39, 0.29) is 0 Å². The summed E-state index contributed by atoms with van der Waals surface area (Å²) < 4.78 is 21.8. The van der Waals surface area contributed by atoms with Crippen molar-refractivity contribution in [2.24, 2.45) is 0 Å². The topological polar surface area (TPSA) is 36.9 Å². The predicted octanol–water partition coefficient (Wildman–Crippen LogP) is 2.64. The molecule has 0 fully saturated rings. The number of aryl methyl sites for hydroxylation is 1. The zero-order chi connectivity index (χ0) is 13.4. The molecule has 1 rings (SSSR count). The summed E-state index contributed by atoms with van der Waals surface area (Å²) in [5.41, 5.74) is 1.14. The van der Waals surface area contributed by atoms with E-state index in [0.29, 0.717) is 6.61 Å². The van der Waals surface area contributed by atoms with Crippen molar-refractivity contribution in [3.8, 4) is 5.75 Å². The first-order valence-corrected chi connectivity index (χ1v) is 7.94. The van der Waals surface area contributed by atoms with Crippen molar-refractivity contribution in [1.82, 2.24) is 0 Å². The van der Waals surface area contributed by atoms with E-state index in [2.05, 4.69) is 0 Å². The van der Waals surface area contributed by atoms with Gasteiger partial charge in [-0.05, 0) is 25.0 Å². The van der Waals surface area contributed by atoms with E-state index in [4.69, 9.17) is 18.0 Å². The molecule has 0 spiro atoms. The first-order valence-electron chi connectivity index (χ1n) is 6.01. The smallest absolute Gasteiger partial charge is 0.493 e. The largest absolute Gasteiger partial charge is 0.500 e. The summed E-state index contributed by atoms with van der Waals surface area (Å²) in [5, 5.41) is 0. The Hall–Kier alpha value is -0.883. The summed E-state index contributed by atoms with van der Waals surface area (Å²) in [5.74, 6) is 0.928. The highest BCUT2D eigenvalue weighted by molar-refractivity contribution is 6.60. The van der Waals surface area contributed by atoms with E-state index in [1.54, 1.807) is 21.3 Å². The Balaban J connectivity index is 2.37. The van der Waals surface area contributed by atoms with Crippen molar-refractivity contribution < 1.29 is 18.0 Å². The van der Waals surface area contributed by atoms with Crippen LogP contribution in [-0.2, 0) is 13.3 Å². The lowest BCUT2D eigenvalue weighted by Crippen LogP contribution is -2.42. The fourth-order valence-electron chi connectivity index (χ4n) is 1.75. The number of benzene rings is 1. The molecule has 0 saturated heterocycles. The molecule has 0 unspecified atom stereocenters. The lowest BCUT2D eigenvalue weighted by atomic mass is 10.2. The van der Waals surface area contributed by atoms with Crippen LogP contribution in [0.1, 0.15) is 12.0 Å². The lowest BCUT2D eigenvalue weighted by Gasteiger charge is -2.24. The van der Waals surface area contributed by atoms with Gasteiger partial charge in [0, 0.05) is 27.4 Å². The predicted molar refractivity (Wildman–Crippen MR) is 72.9 cm³/mol. The van der Waals surface area contributed by atoms with Crippen molar-refractivity contribution in [3.63, 3.8) is 0 Å². The van der Waals surface area contributed by atoms with Crippen LogP contribution in [0, 0.1) is 6.92 Å².